The molecule has 18 heavy (non-hydrogen) atoms. The van der Waals surface area contributed by atoms with Crippen molar-refractivity contribution in [3.05, 3.63) is 30.5 Å². The number of nitrogens with two attached hydrogens (primary N) is 1. The summed E-state index contributed by atoms with van der Waals surface area (Å²) >= 11 is 0. The molecule has 0 radical (unpaired) electrons. The maximum Gasteiger partial charge on any atom is 0.156 e. The molecule has 0 bridgehead atoms. The van der Waals surface area contributed by atoms with E-state index in [-0.39, 0.29) is 5.54 Å². The molecule has 0 aliphatic carbocycles. The van der Waals surface area contributed by atoms with Gasteiger partial charge in [-0.2, -0.15) is 5.10 Å². The minimum Gasteiger partial charge on any atom is -0.363 e. The van der Waals surface area contributed by atoms with E-state index < -0.39 is 0 Å². The minimum atomic E-state index is -0.0342. The summed E-state index contributed by atoms with van der Waals surface area (Å²) in [6, 6.07) is 8.13. The lowest BCUT2D eigenvalue weighted by Gasteiger charge is -2.30. The van der Waals surface area contributed by atoms with E-state index >= 15 is 0 Å². The number of hydrogen-bond donors (Lipinski definition) is 2. The average molecular weight is 244 g/mol. The Morgan fingerprint density at radius 3 is 2.83 bits per heavy atom. The lowest BCUT2D eigenvalue weighted by atomic mass is 9.94. The van der Waals surface area contributed by atoms with E-state index in [1.165, 1.54) is 0 Å². The van der Waals surface area contributed by atoms with Gasteiger partial charge in [0.15, 0.2) is 5.82 Å². The van der Waals surface area contributed by atoms with Crippen molar-refractivity contribution in [3.8, 4) is 0 Å². The van der Waals surface area contributed by atoms with E-state index in [4.69, 9.17) is 5.73 Å². The van der Waals surface area contributed by atoms with E-state index in [1.54, 1.807) is 6.20 Å². The van der Waals surface area contributed by atoms with Crippen molar-refractivity contribution in [1.29, 1.82) is 0 Å². The van der Waals surface area contributed by atoms with Crippen LogP contribution < -0.4 is 11.1 Å². The fourth-order valence-electron chi connectivity index (χ4n) is 2.05. The Labute approximate surface area is 108 Å². The Balaban J connectivity index is 2.36. The zero-order valence-electron chi connectivity index (χ0n) is 11.0. The van der Waals surface area contributed by atoms with E-state index in [9.17, 15) is 0 Å². The van der Waals surface area contributed by atoms with E-state index in [0.717, 1.165) is 29.4 Å². The van der Waals surface area contributed by atoms with Crippen molar-refractivity contribution < 1.29 is 0 Å². The highest BCUT2D eigenvalue weighted by molar-refractivity contribution is 5.91. The van der Waals surface area contributed by atoms with Gasteiger partial charge in [0.25, 0.3) is 0 Å². The Morgan fingerprint density at radius 2 is 2.11 bits per heavy atom. The monoisotopic (exact) mass is 244 g/mol. The van der Waals surface area contributed by atoms with Gasteiger partial charge in [0.2, 0.25) is 0 Å². The molecule has 3 N–H and O–H groups in total. The summed E-state index contributed by atoms with van der Waals surface area (Å²) in [6.45, 7) is 4.99. The molecule has 96 valence electrons. The largest absolute Gasteiger partial charge is 0.363 e. The summed E-state index contributed by atoms with van der Waals surface area (Å²) in [5.74, 6) is 0.839. The van der Waals surface area contributed by atoms with Gasteiger partial charge >= 0.3 is 0 Å². The molecule has 0 spiro atoms. The van der Waals surface area contributed by atoms with Gasteiger partial charge in [0.05, 0.1) is 6.20 Å². The SMILES string of the molecule is CCC(C)(CCN)Nc1nncc2ccccc12. The fraction of sp³-hybridized carbons (Fsp3) is 0.429. The van der Waals surface area contributed by atoms with E-state index in [0.29, 0.717) is 6.54 Å². The van der Waals surface area contributed by atoms with Crippen LogP contribution in [0.15, 0.2) is 30.5 Å². The molecule has 0 saturated heterocycles. The summed E-state index contributed by atoms with van der Waals surface area (Å²) < 4.78 is 0. The van der Waals surface area contributed by atoms with Crippen molar-refractivity contribution in [2.45, 2.75) is 32.2 Å². The van der Waals surface area contributed by atoms with Gasteiger partial charge in [-0.05, 0) is 26.3 Å². The minimum absolute atomic E-state index is 0.0342. The lowest BCUT2D eigenvalue weighted by molar-refractivity contribution is 0.462. The molecule has 4 heteroatoms. The molecule has 0 aliphatic heterocycles. The third-order valence-corrected chi connectivity index (χ3v) is 3.47. The first-order valence-corrected chi connectivity index (χ1v) is 6.37. The maximum atomic E-state index is 5.68. The second kappa shape index (κ2) is 5.31. The van der Waals surface area contributed by atoms with Crippen LogP contribution in [0.1, 0.15) is 26.7 Å². The van der Waals surface area contributed by atoms with Gasteiger partial charge in [-0.1, -0.05) is 31.2 Å². The summed E-state index contributed by atoms with van der Waals surface area (Å²) in [4.78, 5) is 0. The second-order valence-electron chi connectivity index (χ2n) is 4.86. The number of rotatable bonds is 5. The van der Waals surface area contributed by atoms with Gasteiger partial charge in [0.1, 0.15) is 0 Å². The Morgan fingerprint density at radius 1 is 1.33 bits per heavy atom. The highest BCUT2D eigenvalue weighted by Crippen LogP contribution is 2.25. The summed E-state index contributed by atoms with van der Waals surface area (Å²) in [7, 11) is 0. The molecule has 0 amide bonds. The Bertz CT molecular complexity index is 521. The maximum absolute atomic E-state index is 5.68. The number of hydrogen-bond acceptors (Lipinski definition) is 4. The highest BCUT2D eigenvalue weighted by atomic mass is 15.2. The first kappa shape index (κ1) is 12.8. The first-order chi connectivity index (χ1) is 8.68. The van der Waals surface area contributed by atoms with Crippen LogP contribution in [-0.2, 0) is 0 Å². The number of anilines is 1. The van der Waals surface area contributed by atoms with Crippen LogP contribution in [0.5, 0.6) is 0 Å². The predicted octanol–water partition coefficient (Wildman–Crippen LogP) is 2.56. The molecule has 2 rings (SSSR count). The third kappa shape index (κ3) is 2.59. The lowest BCUT2D eigenvalue weighted by Crippen LogP contribution is -2.36. The summed E-state index contributed by atoms with van der Waals surface area (Å²) in [5, 5.41) is 14.0. The van der Waals surface area contributed by atoms with Crippen LogP contribution in [0.3, 0.4) is 0 Å². The zero-order valence-corrected chi connectivity index (χ0v) is 11.0. The molecule has 1 atom stereocenters. The Kier molecular flexibility index (Phi) is 3.77. The van der Waals surface area contributed by atoms with Gasteiger partial charge in [-0.25, -0.2) is 0 Å². The number of fused-ring (bicyclic) bond motifs is 1. The first-order valence-electron chi connectivity index (χ1n) is 6.37. The molecule has 2 aromatic rings. The number of benzene rings is 1. The number of nitrogens with one attached hydrogen (secondary N) is 1. The highest BCUT2D eigenvalue weighted by Gasteiger charge is 2.22. The Hall–Kier alpha value is -1.68. The normalized spacial score (nSPS) is 14.4. The van der Waals surface area contributed by atoms with Crippen LogP contribution in [0, 0.1) is 0 Å². The standard InChI is InChI=1S/C14H20N4/c1-3-14(2,8-9-15)17-13-12-7-5-4-6-11(12)10-16-18-13/h4-7,10H,3,8-9,15H2,1-2H3,(H,17,18). The van der Waals surface area contributed by atoms with Crippen LogP contribution in [-0.4, -0.2) is 22.3 Å². The summed E-state index contributed by atoms with van der Waals surface area (Å²) in [5.41, 5.74) is 5.65. The smallest absolute Gasteiger partial charge is 0.156 e. The molecule has 1 unspecified atom stereocenters. The van der Waals surface area contributed by atoms with E-state index in [2.05, 4.69) is 35.4 Å². The van der Waals surface area contributed by atoms with E-state index in [1.807, 2.05) is 18.2 Å². The van der Waals surface area contributed by atoms with Gasteiger partial charge in [0, 0.05) is 16.3 Å². The zero-order chi connectivity index (χ0) is 13.0. The molecule has 4 nitrogen and oxygen atoms in total. The van der Waals surface area contributed by atoms with Gasteiger partial charge < -0.3 is 11.1 Å². The van der Waals surface area contributed by atoms with Crippen LogP contribution in [0.4, 0.5) is 5.82 Å². The van der Waals surface area contributed by atoms with Crippen molar-refractivity contribution in [1.82, 2.24) is 10.2 Å². The van der Waals surface area contributed by atoms with Crippen LogP contribution >= 0.6 is 0 Å². The van der Waals surface area contributed by atoms with Crippen molar-refractivity contribution in [3.63, 3.8) is 0 Å². The molecule has 1 aromatic heterocycles. The molecule has 1 heterocycles. The van der Waals surface area contributed by atoms with Crippen LogP contribution in [0.25, 0.3) is 10.8 Å². The van der Waals surface area contributed by atoms with Crippen molar-refractivity contribution in [2.24, 2.45) is 5.73 Å². The quantitative estimate of drug-likeness (QED) is 0.848. The van der Waals surface area contributed by atoms with Crippen LogP contribution in [0.2, 0.25) is 0 Å². The predicted molar refractivity (Wildman–Crippen MR) is 75.5 cm³/mol. The molecule has 0 fully saturated rings. The number of nitrogens with zero attached hydrogens (tertiary/aromatic N) is 2. The average Bonchev–Trinajstić information content (AvgIpc) is 2.39. The van der Waals surface area contributed by atoms with Crippen molar-refractivity contribution >= 4 is 16.6 Å². The molecular weight excluding hydrogens is 224 g/mol. The summed E-state index contributed by atoms with van der Waals surface area (Å²) in [6.07, 6.45) is 3.69. The number of aromatic nitrogens is 2. The molecule has 1 aromatic carbocycles. The molecular formula is C14H20N4. The second-order valence-corrected chi connectivity index (χ2v) is 4.86. The molecule has 0 saturated carbocycles. The topological polar surface area (TPSA) is 63.8 Å². The van der Waals surface area contributed by atoms with Gasteiger partial charge in [-0.3, -0.25) is 0 Å². The van der Waals surface area contributed by atoms with Crippen molar-refractivity contribution in [2.75, 3.05) is 11.9 Å². The molecule has 0 aliphatic rings. The third-order valence-electron chi connectivity index (χ3n) is 3.47. The van der Waals surface area contributed by atoms with Gasteiger partial charge in [-0.15, -0.1) is 5.10 Å². The fourth-order valence-corrected chi connectivity index (χ4v) is 2.05.